The molecule has 0 spiro atoms. The van der Waals surface area contributed by atoms with Crippen molar-refractivity contribution in [3.05, 3.63) is 40.6 Å². The van der Waals surface area contributed by atoms with Gasteiger partial charge in [0.1, 0.15) is 5.82 Å². The Morgan fingerprint density at radius 2 is 1.42 bits per heavy atom. The number of nitrogens with zero attached hydrogens (tertiary/aromatic N) is 5. The quantitative estimate of drug-likeness (QED) is 0.713. The first-order valence-electron chi connectivity index (χ1n) is 10.8. The molecule has 2 aliphatic heterocycles. The van der Waals surface area contributed by atoms with Crippen LogP contribution < -0.4 is 9.80 Å². The molecule has 8 nitrogen and oxygen atoms in total. The van der Waals surface area contributed by atoms with Gasteiger partial charge in [0.05, 0.1) is 18.1 Å². The van der Waals surface area contributed by atoms with E-state index in [2.05, 4.69) is 14.8 Å². The molecule has 3 heterocycles. The fraction of sp³-hybridized carbons (Fsp3) is 0.545. The second kappa shape index (κ2) is 8.72. The number of hydrogen-bond donors (Lipinski definition) is 0. The van der Waals surface area contributed by atoms with Crippen LogP contribution in [0.2, 0.25) is 0 Å². The normalized spacial score (nSPS) is 18.5. The first-order chi connectivity index (χ1) is 14.8. The smallest absolute Gasteiger partial charge is 0.243 e. The van der Waals surface area contributed by atoms with E-state index in [1.54, 1.807) is 10.4 Å². The molecule has 0 radical (unpaired) electrons. The SMILES string of the molecule is Cc1cc(N2CCOCC2)nc(N2CCN(S(=O)(=O)c3cc(C)c(C)cc3C)CC2)n1. The number of aryl methyl sites for hydroxylation is 4. The Bertz CT molecular complexity index is 1060. The summed E-state index contributed by atoms with van der Waals surface area (Å²) in [5.41, 5.74) is 3.80. The van der Waals surface area contributed by atoms with E-state index in [9.17, 15) is 8.42 Å². The Labute approximate surface area is 184 Å². The van der Waals surface area contributed by atoms with Gasteiger partial charge in [-0.15, -0.1) is 0 Å². The summed E-state index contributed by atoms with van der Waals surface area (Å²) in [6, 6.07) is 5.74. The van der Waals surface area contributed by atoms with E-state index in [-0.39, 0.29) is 0 Å². The number of hydrogen-bond acceptors (Lipinski definition) is 7. The molecule has 0 atom stereocenters. The van der Waals surface area contributed by atoms with E-state index >= 15 is 0 Å². The summed E-state index contributed by atoms with van der Waals surface area (Å²) in [6.45, 7) is 12.8. The average Bonchev–Trinajstić information content (AvgIpc) is 2.76. The third-order valence-corrected chi connectivity index (χ3v) is 8.14. The molecule has 2 fully saturated rings. The zero-order chi connectivity index (χ0) is 22.2. The van der Waals surface area contributed by atoms with Gasteiger partial charge in [-0.3, -0.25) is 0 Å². The fourth-order valence-corrected chi connectivity index (χ4v) is 5.83. The molecular formula is C22H31N5O3S. The van der Waals surface area contributed by atoms with Gasteiger partial charge in [0.25, 0.3) is 0 Å². The summed E-state index contributed by atoms with van der Waals surface area (Å²) < 4.78 is 33.6. The minimum atomic E-state index is -3.53. The van der Waals surface area contributed by atoms with Crippen molar-refractivity contribution >= 4 is 21.8 Å². The first-order valence-corrected chi connectivity index (χ1v) is 12.2. The van der Waals surface area contributed by atoms with Gasteiger partial charge in [0, 0.05) is 51.0 Å². The number of ether oxygens (including phenoxy) is 1. The van der Waals surface area contributed by atoms with Crippen molar-refractivity contribution in [2.24, 2.45) is 0 Å². The molecule has 0 N–H and O–H groups in total. The van der Waals surface area contributed by atoms with Crippen LogP contribution in [0.1, 0.15) is 22.4 Å². The van der Waals surface area contributed by atoms with E-state index in [0.29, 0.717) is 50.2 Å². The third kappa shape index (κ3) is 4.53. The lowest BCUT2D eigenvalue weighted by Gasteiger charge is -2.35. The molecule has 9 heteroatoms. The number of rotatable bonds is 4. The highest BCUT2D eigenvalue weighted by Gasteiger charge is 2.31. The highest BCUT2D eigenvalue weighted by Crippen LogP contribution is 2.26. The molecule has 2 aliphatic rings. The number of benzene rings is 1. The zero-order valence-electron chi connectivity index (χ0n) is 18.8. The molecule has 0 saturated carbocycles. The molecule has 4 rings (SSSR count). The van der Waals surface area contributed by atoms with E-state index in [1.807, 2.05) is 39.8 Å². The van der Waals surface area contributed by atoms with Gasteiger partial charge in [-0.1, -0.05) is 6.07 Å². The Morgan fingerprint density at radius 1 is 0.774 bits per heavy atom. The van der Waals surface area contributed by atoms with Crippen LogP contribution in [-0.2, 0) is 14.8 Å². The van der Waals surface area contributed by atoms with E-state index in [1.165, 1.54) is 0 Å². The number of aromatic nitrogens is 2. The predicted molar refractivity (Wildman–Crippen MR) is 121 cm³/mol. The largest absolute Gasteiger partial charge is 0.378 e. The summed E-state index contributed by atoms with van der Waals surface area (Å²) in [5.74, 6) is 1.58. The van der Waals surface area contributed by atoms with Crippen molar-refractivity contribution < 1.29 is 13.2 Å². The zero-order valence-corrected chi connectivity index (χ0v) is 19.6. The summed E-state index contributed by atoms with van der Waals surface area (Å²) in [4.78, 5) is 14.1. The van der Waals surface area contributed by atoms with Gasteiger partial charge >= 0.3 is 0 Å². The molecule has 0 unspecified atom stereocenters. The number of anilines is 2. The summed E-state index contributed by atoms with van der Waals surface area (Å²) in [5, 5.41) is 0. The van der Waals surface area contributed by atoms with Crippen LogP contribution in [0.25, 0.3) is 0 Å². The van der Waals surface area contributed by atoms with Crippen LogP contribution >= 0.6 is 0 Å². The monoisotopic (exact) mass is 445 g/mol. The Kier molecular flexibility index (Phi) is 6.18. The number of morpholine rings is 1. The van der Waals surface area contributed by atoms with Crippen molar-refractivity contribution in [1.29, 1.82) is 0 Å². The number of piperazine rings is 1. The molecule has 0 aliphatic carbocycles. The molecule has 0 amide bonds. The summed E-state index contributed by atoms with van der Waals surface area (Å²) in [6.07, 6.45) is 0. The molecule has 1 aromatic carbocycles. The first kappa shape index (κ1) is 22.0. The maximum absolute atomic E-state index is 13.3. The molecule has 0 bridgehead atoms. The molecule has 1 aromatic heterocycles. The average molecular weight is 446 g/mol. The highest BCUT2D eigenvalue weighted by molar-refractivity contribution is 7.89. The van der Waals surface area contributed by atoms with Gasteiger partial charge in [0.15, 0.2) is 0 Å². The van der Waals surface area contributed by atoms with Crippen molar-refractivity contribution in [2.75, 3.05) is 62.3 Å². The minimum absolute atomic E-state index is 0.408. The predicted octanol–water partition coefficient (Wildman–Crippen LogP) is 2.06. The fourth-order valence-electron chi connectivity index (χ4n) is 4.11. The van der Waals surface area contributed by atoms with Crippen molar-refractivity contribution in [3.8, 4) is 0 Å². The maximum Gasteiger partial charge on any atom is 0.243 e. The lowest BCUT2D eigenvalue weighted by atomic mass is 10.1. The van der Waals surface area contributed by atoms with Crippen LogP contribution in [0.4, 0.5) is 11.8 Å². The van der Waals surface area contributed by atoms with Gasteiger partial charge < -0.3 is 14.5 Å². The van der Waals surface area contributed by atoms with Crippen LogP contribution in [0.15, 0.2) is 23.1 Å². The van der Waals surface area contributed by atoms with Crippen LogP contribution in [0.5, 0.6) is 0 Å². The van der Waals surface area contributed by atoms with Gasteiger partial charge in [0.2, 0.25) is 16.0 Å². The topological polar surface area (TPSA) is 78.9 Å². The van der Waals surface area contributed by atoms with Crippen LogP contribution in [0, 0.1) is 27.7 Å². The summed E-state index contributed by atoms with van der Waals surface area (Å²) in [7, 11) is -3.53. The van der Waals surface area contributed by atoms with Gasteiger partial charge in [-0.2, -0.15) is 9.29 Å². The van der Waals surface area contributed by atoms with E-state index in [4.69, 9.17) is 9.72 Å². The highest BCUT2D eigenvalue weighted by atomic mass is 32.2. The lowest BCUT2D eigenvalue weighted by Crippen LogP contribution is -2.49. The van der Waals surface area contributed by atoms with Crippen molar-refractivity contribution in [1.82, 2.24) is 14.3 Å². The molecule has 31 heavy (non-hydrogen) atoms. The molecule has 2 saturated heterocycles. The van der Waals surface area contributed by atoms with Crippen LogP contribution in [0.3, 0.4) is 0 Å². The standard InChI is InChI=1S/C22H31N5O3S/c1-16-13-18(3)20(14-17(16)2)31(28,29)27-7-5-26(6-8-27)22-23-19(4)15-21(24-22)25-9-11-30-12-10-25/h13-15H,5-12H2,1-4H3. The second-order valence-electron chi connectivity index (χ2n) is 8.36. The molecular weight excluding hydrogens is 414 g/mol. The lowest BCUT2D eigenvalue weighted by molar-refractivity contribution is 0.122. The molecule has 168 valence electrons. The Hall–Kier alpha value is -2.23. The third-order valence-electron chi connectivity index (χ3n) is 6.09. The van der Waals surface area contributed by atoms with Crippen LogP contribution in [-0.4, -0.2) is 75.2 Å². The van der Waals surface area contributed by atoms with Crippen molar-refractivity contribution in [3.63, 3.8) is 0 Å². The maximum atomic E-state index is 13.3. The second-order valence-corrected chi connectivity index (χ2v) is 10.3. The van der Waals surface area contributed by atoms with E-state index in [0.717, 1.165) is 41.3 Å². The van der Waals surface area contributed by atoms with Gasteiger partial charge in [-0.25, -0.2) is 13.4 Å². The van der Waals surface area contributed by atoms with Crippen molar-refractivity contribution in [2.45, 2.75) is 32.6 Å². The minimum Gasteiger partial charge on any atom is -0.378 e. The number of sulfonamides is 1. The summed E-state index contributed by atoms with van der Waals surface area (Å²) >= 11 is 0. The van der Waals surface area contributed by atoms with Gasteiger partial charge in [-0.05, 0) is 50.5 Å². The van der Waals surface area contributed by atoms with E-state index < -0.39 is 10.0 Å². The molecule has 2 aromatic rings. The Morgan fingerprint density at radius 3 is 2.10 bits per heavy atom. The Balaban J connectivity index is 1.50.